The lowest BCUT2D eigenvalue weighted by molar-refractivity contribution is 0.379. The van der Waals surface area contributed by atoms with Gasteiger partial charge in [-0.25, -0.2) is 0 Å². The Labute approximate surface area is 170 Å². The largest absolute Gasteiger partial charge is 0.329 e. The number of benzene rings is 2. The van der Waals surface area contributed by atoms with Crippen molar-refractivity contribution in [2.75, 3.05) is 13.1 Å². The second-order valence-electron chi connectivity index (χ2n) is 8.90. The fraction of sp³-hybridized carbons (Fsp3) is 0.333. The van der Waals surface area contributed by atoms with E-state index < -0.39 is 0 Å². The maximum absolute atomic E-state index is 12.6. The van der Waals surface area contributed by atoms with Gasteiger partial charge in [-0.05, 0) is 70.8 Å². The van der Waals surface area contributed by atoms with Crippen LogP contribution in [0.2, 0.25) is 0 Å². The summed E-state index contributed by atoms with van der Waals surface area (Å²) in [4.78, 5) is 15.4. The Morgan fingerprint density at radius 2 is 1.93 bits per heavy atom. The van der Waals surface area contributed by atoms with Crippen molar-refractivity contribution in [3.05, 3.63) is 64.8 Å². The first-order valence-electron chi connectivity index (χ1n) is 10.2. The molecule has 29 heavy (non-hydrogen) atoms. The number of aromatic nitrogens is 3. The van der Waals surface area contributed by atoms with E-state index in [9.17, 15) is 4.79 Å². The van der Waals surface area contributed by atoms with Gasteiger partial charge in [0.2, 0.25) is 0 Å². The van der Waals surface area contributed by atoms with E-state index in [1.165, 1.54) is 5.56 Å². The number of hydrogen-bond donors (Lipinski definition) is 3. The third kappa shape index (κ3) is 4.25. The summed E-state index contributed by atoms with van der Waals surface area (Å²) in [7, 11) is 0. The average molecular weight is 389 g/mol. The van der Waals surface area contributed by atoms with Gasteiger partial charge in [0.05, 0.1) is 11.6 Å². The molecule has 0 radical (unpaired) electrons. The van der Waals surface area contributed by atoms with E-state index in [1.807, 2.05) is 12.3 Å². The molecule has 0 aliphatic carbocycles. The summed E-state index contributed by atoms with van der Waals surface area (Å²) in [6.07, 6.45) is 7.44. The number of aryl methyl sites for hydroxylation is 1. The van der Waals surface area contributed by atoms with Crippen molar-refractivity contribution in [2.24, 2.45) is 5.41 Å². The molecule has 2 heterocycles. The molecule has 5 nitrogen and oxygen atoms in total. The second-order valence-corrected chi connectivity index (χ2v) is 8.90. The zero-order chi connectivity index (χ0) is 20.4. The Kier molecular flexibility index (Phi) is 5.24. The molecule has 0 aliphatic rings. The van der Waals surface area contributed by atoms with Crippen LogP contribution in [0.3, 0.4) is 0 Å². The standard InChI is InChI=1S/C24H28N4O/c1-24(2,3)15-25-9-4-5-17-11-18-8-10-26-23(29)22(18)21-12-16(6-7-20(17)21)19-13-27-28-14-19/h6-8,10-14,25H,4-5,9,15H2,1-3H3,(H,26,29)(H,27,28). The van der Waals surface area contributed by atoms with Crippen LogP contribution in [0.5, 0.6) is 0 Å². The highest BCUT2D eigenvalue weighted by atomic mass is 16.1. The molecule has 5 heteroatoms. The van der Waals surface area contributed by atoms with Crippen LogP contribution in [-0.4, -0.2) is 28.3 Å². The van der Waals surface area contributed by atoms with Crippen LogP contribution in [0.1, 0.15) is 32.8 Å². The van der Waals surface area contributed by atoms with E-state index in [4.69, 9.17) is 0 Å². The van der Waals surface area contributed by atoms with Crippen LogP contribution in [0.15, 0.2) is 53.7 Å². The van der Waals surface area contributed by atoms with Crippen molar-refractivity contribution in [3.63, 3.8) is 0 Å². The van der Waals surface area contributed by atoms with Crippen LogP contribution >= 0.6 is 0 Å². The number of nitrogens with zero attached hydrogens (tertiary/aromatic N) is 1. The molecule has 0 spiro atoms. The fourth-order valence-corrected chi connectivity index (χ4v) is 3.85. The number of aromatic amines is 2. The van der Waals surface area contributed by atoms with E-state index >= 15 is 0 Å². The minimum absolute atomic E-state index is 0.0461. The Bertz CT molecular complexity index is 1180. The van der Waals surface area contributed by atoms with Crippen LogP contribution in [0.25, 0.3) is 32.7 Å². The minimum Gasteiger partial charge on any atom is -0.329 e. The highest BCUT2D eigenvalue weighted by Crippen LogP contribution is 2.31. The lowest BCUT2D eigenvalue weighted by Crippen LogP contribution is -2.27. The monoisotopic (exact) mass is 388 g/mol. The van der Waals surface area contributed by atoms with Crippen molar-refractivity contribution in [1.82, 2.24) is 20.5 Å². The zero-order valence-electron chi connectivity index (χ0n) is 17.3. The normalized spacial score (nSPS) is 12.1. The molecule has 0 amide bonds. The third-order valence-electron chi connectivity index (χ3n) is 5.24. The smallest absolute Gasteiger partial charge is 0.256 e. The first kappa shape index (κ1) is 19.4. The molecule has 0 bridgehead atoms. The van der Waals surface area contributed by atoms with E-state index in [1.54, 1.807) is 12.4 Å². The first-order chi connectivity index (χ1) is 13.9. The Balaban J connectivity index is 1.71. The number of fused-ring (bicyclic) bond motifs is 3. The maximum atomic E-state index is 12.6. The predicted molar refractivity (Wildman–Crippen MR) is 120 cm³/mol. The number of rotatable bonds is 6. The van der Waals surface area contributed by atoms with Gasteiger partial charge >= 0.3 is 0 Å². The summed E-state index contributed by atoms with van der Waals surface area (Å²) in [5, 5.41) is 14.4. The SMILES string of the molecule is CC(C)(C)CNCCCc1cc2cc[nH]c(=O)c2c2cc(-c3cn[nH]c3)ccc12. The zero-order valence-corrected chi connectivity index (χ0v) is 17.3. The Morgan fingerprint density at radius 3 is 2.69 bits per heavy atom. The van der Waals surface area contributed by atoms with Gasteiger partial charge in [0.25, 0.3) is 5.56 Å². The molecule has 2 aromatic heterocycles. The summed E-state index contributed by atoms with van der Waals surface area (Å²) < 4.78 is 0. The van der Waals surface area contributed by atoms with Crippen molar-refractivity contribution in [3.8, 4) is 11.1 Å². The van der Waals surface area contributed by atoms with Crippen LogP contribution in [-0.2, 0) is 6.42 Å². The molecule has 0 fully saturated rings. The quantitative estimate of drug-likeness (QED) is 0.333. The molecular formula is C24H28N4O. The number of pyridine rings is 1. The van der Waals surface area contributed by atoms with Crippen LogP contribution < -0.4 is 10.9 Å². The van der Waals surface area contributed by atoms with E-state index in [0.717, 1.165) is 58.6 Å². The molecule has 0 unspecified atom stereocenters. The van der Waals surface area contributed by atoms with E-state index in [2.05, 4.69) is 65.5 Å². The predicted octanol–water partition coefficient (Wildman–Crippen LogP) is 4.64. The van der Waals surface area contributed by atoms with Crippen molar-refractivity contribution < 1.29 is 0 Å². The third-order valence-corrected chi connectivity index (χ3v) is 5.24. The topological polar surface area (TPSA) is 73.6 Å². The minimum atomic E-state index is -0.0461. The summed E-state index contributed by atoms with van der Waals surface area (Å²) >= 11 is 0. The molecule has 150 valence electrons. The highest BCUT2D eigenvalue weighted by Gasteiger charge is 2.12. The summed E-state index contributed by atoms with van der Waals surface area (Å²) in [5.74, 6) is 0. The molecule has 0 atom stereocenters. The Hall–Kier alpha value is -2.92. The van der Waals surface area contributed by atoms with Gasteiger partial charge in [0, 0.05) is 18.0 Å². The molecule has 4 aromatic rings. The summed E-state index contributed by atoms with van der Waals surface area (Å²) in [6.45, 7) is 8.72. The van der Waals surface area contributed by atoms with Crippen LogP contribution in [0, 0.1) is 5.41 Å². The molecule has 0 aliphatic heterocycles. The summed E-state index contributed by atoms with van der Waals surface area (Å²) in [6, 6.07) is 10.5. The number of hydrogen-bond acceptors (Lipinski definition) is 3. The van der Waals surface area contributed by atoms with E-state index in [-0.39, 0.29) is 5.56 Å². The van der Waals surface area contributed by atoms with Crippen molar-refractivity contribution >= 4 is 21.5 Å². The van der Waals surface area contributed by atoms with Crippen molar-refractivity contribution in [1.29, 1.82) is 0 Å². The van der Waals surface area contributed by atoms with Gasteiger partial charge in [0.15, 0.2) is 0 Å². The Morgan fingerprint density at radius 1 is 1.07 bits per heavy atom. The van der Waals surface area contributed by atoms with Gasteiger partial charge in [-0.15, -0.1) is 0 Å². The molecule has 0 saturated carbocycles. The van der Waals surface area contributed by atoms with Gasteiger partial charge in [-0.2, -0.15) is 5.10 Å². The van der Waals surface area contributed by atoms with Gasteiger partial charge in [0.1, 0.15) is 0 Å². The molecular weight excluding hydrogens is 360 g/mol. The maximum Gasteiger partial charge on any atom is 0.256 e. The van der Waals surface area contributed by atoms with Gasteiger partial charge in [-0.1, -0.05) is 39.0 Å². The molecule has 3 N–H and O–H groups in total. The lowest BCUT2D eigenvalue weighted by atomic mass is 9.93. The second kappa shape index (κ2) is 7.84. The fourth-order valence-electron chi connectivity index (χ4n) is 3.85. The highest BCUT2D eigenvalue weighted by molar-refractivity contribution is 6.09. The van der Waals surface area contributed by atoms with Gasteiger partial charge < -0.3 is 10.3 Å². The van der Waals surface area contributed by atoms with Gasteiger partial charge in [-0.3, -0.25) is 9.89 Å². The number of H-pyrrole nitrogens is 2. The molecule has 0 saturated heterocycles. The van der Waals surface area contributed by atoms with Crippen LogP contribution in [0.4, 0.5) is 0 Å². The van der Waals surface area contributed by atoms with Crippen molar-refractivity contribution in [2.45, 2.75) is 33.6 Å². The molecule has 2 aromatic carbocycles. The molecule has 4 rings (SSSR count). The lowest BCUT2D eigenvalue weighted by Gasteiger charge is -2.18. The number of nitrogens with one attached hydrogen (secondary N) is 3. The first-order valence-corrected chi connectivity index (χ1v) is 10.2. The van der Waals surface area contributed by atoms with E-state index in [0.29, 0.717) is 5.41 Å². The summed E-state index contributed by atoms with van der Waals surface area (Å²) in [5.41, 5.74) is 3.61. The average Bonchev–Trinajstić information content (AvgIpc) is 3.21.